The minimum absolute atomic E-state index is 0.0138. The second kappa shape index (κ2) is 6.03. The van der Waals surface area contributed by atoms with E-state index in [1.54, 1.807) is 7.11 Å². The van der Waals surface area contributed by atoms with Crippen molar-refractivity contribution in [2.24, 2.45) is 5.41 Å². The van der Waals surface area contributed by atoms with Crippen LogP contribution < -0.4 is 9.64 Å². The third kappa shape index (κ3) is 2.57. The van der Waals surface area contributed by atoms with Gasteiger partial charge in [-0.15, -0.1) is 0 Å². The fourth-order valence-electron chi connectivity index (χ4n) is 4.53. The number of fused-ring (bicyclic) bond motifs is 1. The summed E-state index contributed by atoms with van der Waals surface area (Å²) in [7, 11) is 1.68. The van der Waals surface area contributed by atoms with Crippen LogP contribution in [0.5, 0.6) is 5.75 Å². The van der Waals surface area contributed by atoms with Gasteiger partial charge in [-0.2, -0.15) is 0 Å². The Labute approximate surface area is 164 Å². The summed E-state index contributed by atoms with van der Waals surface area (Å²) in [6.07, 6.45) is 0. The van der Waals surface area contributed by atoms with E-state index in [2.05, 4.69) is 23.1 Å². The molecule has 1 amide bonds. The number of aryl methyl sites for hydroxylation is 2. The number of amides is 1. The van der Waals surface area contributed by atoms with Gasteiger partial charge in [0.1, 0.15) is 11.3 Å². The van der Waals surface area contributed by atoms with Gasteiger partial charge in [-0.1, -0.05) is 12.1 Å². The minimum Gasteiger partial charge on any atom is -0.497 e. The molecule has 0 bridgehead atoms. The van der Waals surface area contributed by atoms with Gasteiger partial charge in [-0.05, 0) is 49.7 Å². The monoisotopic (exact) mass is 376 g/mol. The number of hydrogen-bond acceptors (Lipinski definition) is 4. The molecule has 5 heteroatoms. The highest BCUT2D eigenvalue weighted by Gasteiger charge is 2.53. The first-order valence-electron chi connectivity index (χ1n) is 9.66. The average Bonchev–Trinajstić information content (AvgIpc) is 2.95. The molecule has 0 N–H and O–H groups in total. The van der Waals surface area contributed by atoms with Crippen LogP contribution in [0.4, 0.5) is 5.69 Å². The summed E-state index contributed by atoms with van der Waals surface area (Å²) in [6.45, 7) is 7.58. The third-order valence-electron chi connectivity index (χ3n) is 6.12. The molecule has 2 aliphatic rings. The maximum absolute atomic E-state index is 13.0. The maximum Gasteiger partial charge on any atom is 0.289 e. The molecule has 0 unspecified atom stereocenters. The summed E-state index contributed by atoms with van der Waals surface area (Å²) in [5, 5.41) is 1.03. The van der Waals surface area contributed by atoms with Crippen molar-refractivity contribution in [2.75, 3.05) is 38.2 Å². The molecule has 1 aromatic heterocycles. The number of carbonyl (C=O) groups is 1. The average molecular weight is 376 g/mol. The zero-order chi connectivity index (χ0) is 19.5. The number of likely N-dealkylation sites (tertiary alicyclic amines) is 1. The minimum atomic E-state index is 0.0138. The molecule has 2 aromatic carbocycles. The fourth-order valence-corrected chi connectivity index (χ4v) is 4.53. The molecule has 0 radical (unpaired) electrons. The van der Waals surface area contributed by atoms with Crippen molar-refractivity contribution in [3.05, 3.63) is 59.4 Å². The Balaban J connectivity index is 1.25. The smallest absolute Gasteiger partial charge is 0.289 e. The van der Waals surface area contributed by atoms with Crippen LogP contribution >= 0.6 is 0 Å². The summed E-state index contributed by atoms with van der Waals surface area (Å²) >= 11 is 0. The Kier molecular flexibility index (Phi) is 3.69. The SMILES string of the molecule is COc1ccc(N2CC3(CN(C(=O)c4oc5cc(C)ccc5c4C)C3)C2)cc1. The molecule has 5 rings (SSSR count). The normalized spacial score (nSPS) is 17.5. The predicted octanol–water partition coefficient (Wildman–Crippen LogP) is 4.02. The van der Waals surface area contributed by atoms with E-state index >= 15 is 0 Å². The Bertz CT molecular complexity index is 1050. The number of anilines is 1. The second-order valence-corrected chi connectivity index (χ2v) is 8.27. The Morgan fingerprint density at radius 1 is 1.04 bits per heavy atom. The van der Waals surface area contributed by atoms with Gasteiger partial charge in [0.15, 0.2) is 5.76 Å². The summed E-state index contributed by atoms with van der Waals surface area (Å²) in [5.41, 5.74) is 4.31. The summed E-state index contributed by atoms with van der Waals surface area (Å²) in [5.74, 6) is 1.37. The quantitative estimate of drug-likeness (QED) is 0.693. The number of furan rings is 1. The summed E-state index contributed by atoms with van der Waals surface area (Å²) in [4.78, 5) is 17.2. The van der Waals surface area contributed by atoms with Crippen molar-refractivity contribution in [3.63, 3.8) is 0 Å². The van der Waals surface area contributed by atoms with Crippen LogP contribution in [0.1, 0.15) is 21.7 Å². The molecule has 0 aliphatic carbocycles. The van der Waals surface area contributed by atoms with Gasteiger partial charge in [0, 0.05) is 48.2 Å². The van der Waals surface area contributed by atoms with Gasteiger partial charge in [-0.3, -0.25) is 4.79 Å². The fraction of sp³-hybridized carbons (Fsp3) is 0.348. The molecule has 1 spiro atoms. The van der Waals surface area contributed by atoms with Gasteiger partial charge < -0.3 is 19.0 Å². The molecule has 5 nitrogen and oxygen atoms in total. The summed E-state index contributed by atoms with van der Waals surface area (Å²) in [6, 6.07) is 14.2. The second-order valence-electron chi connectivity index (χ2n) is 8.27. The zero-order valence-corrected chi connectivity index (χ0v) is 16.5. The summed E-state index contributed by atoms with van der Waals surface area (Å²) < 4.78 is 11.1. The number of carbonyl (C=O) groups excluding carboxylic acids is 1. The van der Waals surface area contributed by atoms with Gasteiger partial charge in [-0.25, -0.2) is 0 Å². The molecule has 2 fully saturated rings. The Morgan fingerprint density at radius 3 is 2.43 bits per heavy atom. The molecule has 3 heterocycles. The first-order chi connectivity index (χ1) is 13.5. The third-order valence-corrected chi connectivity index (χ3v) is 6.12. The number of hydrogen-bond donors (Lipinski definition) is 0. The molecule has 144 valence electrons. The van der Waals surface area contributed by atoms with E-state index in [9.17, 15) is 4.79 Å². The first-order valence-corrected chi connectivity index (χ1v) is 9.66. The number of rotatable bonds is 3. The van der Waals surface area contributed by atoms with Crippen molar-refractivity contribution >= 4 is 22.6 Å². The molecule has 0 saturated carbocycles. The van der Waals surface area contributed by atoms with Gasteiger partial charge in [0.2, 0.25) is 0 Å². The molecule has 28 heavy (non-hydrogen) atoms. The topological polar surface area (TPSA) is 45.9 Å². The largest absolute Gasteiger partial charge is 0.497 e. The molecular formula is C23H24N2O3. The van der Waals surface area contributed by atoms with E-state index in [0.717, 1.165) is 54.0 Å². The van der Waals surface area contributed by atoms with Gasteiger partial charge in [0.05, 0.1) is 7.11 Å². The standard InChI is InChI=1S/C23H24N2O3/c1-15-4-9-19-16(2)21(28-20(19)10-15)22(26)25-13-23(14-25)11-24(12-23)17-5-7-18(27-3)8-6-17/h4-10H,11-14H2,1-3H3. The van der Waals surface area contributed by atoms with E-state index in [1.165, 1.54) is 5.69 Å². The van der Waals surface area contributed by atoms with Crippen LogP contribution in [0.25, 0.3) is 11.0 Å². The molecule has 0 atom stereocenters. The van der Waals surface area contributed by atoms with Crippen molar-refractivity contribution in [2.45, 2.75) is 13.8 Å². The highest BCUT2D eigenvalue weighted by molar-refractivity contribution is 5.99. The van der Waals surface area contributed by atoms with Crippen LogP contribution in [-0.2, 0) is 0 Å². The molecular weight excluding hydrogens is 352 g/mol. The number of ether oxygens (including phenoxy) is 1. The van der Waals surface area contributed by atoms with Crippen molar-refractivity contribution < 1.29 is 13.9 Å². The van der Waals surface area contributed by atoms with Crippen LogP contribution in [0.2, 0.25) is 0 Å². The molecule has 2 aliphatic heterocycles. The highest BCUT2D eigenvalue weighted by Crippen LogP contribution is 2.43. The van der Waals surface area contributed by atoms with E-state index < -0.39 is 0 Å². The zero-order valence-electron chi connectivity index (χ0n) is 16.5. The lowest BCUT2D eigenvalue weighted by atomic mass is 9.72. The lowest BCUT2D eigenvalue weighted by molar-refractivity contribution is -0.0123. The Hall–Kier alpha value is -2.95. The number of nitrogens with zero attached hydrogens (tertiary/aromatic N) is 2. The van der Waals surface area contributed by atoms with Crippen molar-refractivity contribution in [1.82, 2.24) is 4.90 Å². The lowest BCUT2D eigenvalue weighted by Gasteiger charge is -2.60. The lowest BCUT2D eigenvalue weighted by Crippen LogP contribution is -2.73. The van der Waals surface area contributed by atoms with Gasteiger partial charge in [0.25, 0.3) is 5.91 Å². The number of methoxy groups -OCH3 is 1. The van der Waals surface area contributed by atoms with Gasteiger partial charge >= 0.3 is 0 Å². The van der Waals surface area contributed by atoms with Crippen molar-refractivity contribution in [1.29, 1.82) is 0 Å². The predicted molar refractivity (Wildman–Crippen MR) is 109 cm³/mol. The number of benzene rings is 2. The van der Waals surface area contributed by atoms with Crippen LogP contribution in [0.3, 0.4) is 0 Å². The van der Waals surface area contributed by atoms with E-state index in [0.29, 0.717) is 5.76 Å². The molecule has 3 aromatic rings. The first kappa shape index (κ1) is 17.2. The molecule has 2 saturated heterocycles. The maximum atomic E-state index is 13.0. The van der Waals surface area contributed by atoms with Crippen LogP contribution in [0, 0.1) is 19.3 Å². The van der Waals surface area contributed by atoms with Crippen LogP contribution in [-0.4, -0.2) is 44.1 Å². The van der Waals surface area contributed by atoms with E-state index in [-0.39, 0.29) is 11.3 Å². The Morgan fingerprint density at radius 2 is 1.75 bits per heavy atom. The van der Waals surface area contributed by atoms with Crippen molar-refractivity contribution in [3.8, 4) is 5.75 Å². The van der Waals surface area contributed by atoms with E-state index in [4.69, 9.17) is 9.15 Å². The highest BCUT2D eigenvalue weighted by atomic mass is 16.5. The van der Waals surface area contributed by atoms with E-state index in [1.807, 2.05) is 43.0 Å². The van der Waals surface area contributed by atoms with Crippen LogP contribution in [0.15, 0.2) is 46.9 Å².